The Balaban J connectivity index is 1.74. The summed E-state index contributed by atoms with van der Waals surface area (Å²) in [5, 5.41) is 10.8. The lowest BCUT2D eigenvalue weighted by atomic mass is 9.97. The van der Waals surface area contributed by atoms with Crippen molar-refractivity contribution in [3.63, 3.8) is 0 Å². The molecule has 2 aromatic rings. The first-order valence-corrected chi connectivity index (χ1v) is 8.96. The van der Waals surface area contributed by atoms with Crippen LogP contribution in [-0.4, -0.2) is 35.7 Å². The Hall–Kier alpha value is -2.96. The SMILES string of the molecule is CC(C)C(NC(=O)OCC1c2ccccc2-c2ccccc21)C(F)(F)C(=O)O. The smallest absolute Gasteiger partial charge is 0.407 e. The number of hydrogen-bond donors (Lipinski definition) is 2. The maximum Gasteiger partial charge on any atom is 0.407 e. The molecule has 148 valence electrons. The summed E-state index contributed by atoms with van der Waals surface area (Å²) in [5.74, 6) is -7.40. The van der Waals surface area contributed by atoms with Gasteiger partial charge in [-0.05, 0) is 28.2 Å². The zero-order chi connectivity index (χ0) is 20.5. The van der Waals surface area contributed by atoms with Crippen molar-refractivity contribution >= 4 is 12.1 Å². The highest BCUT2D eigenvalue weighted by Gasteiger charge is 2.50. The van der Waals surface area contributed by atoms with Gasteiger partial charge in [0.1, 0.15) is 12.6 Å². The molecule has 3 rings (SSSR count). The van der Waals surface area contributed by atoms with Gasteiger partial charge in [-0.15, -0.1) is 0 Å². The van der Waals surface area contributed by atoms with Crippen LogP contribution in [0.15, 0.2) is 48.5 Å². The Kier molecular flexibility index (Phi) is 5.36. The molecule has 0 saturated carbocycles. The number of halogens is 2. The topological polar surface area (TPSA) is 75.6 Å². The number of hydrogen-bond acceptors (Lipinski definition) is 3. The molecule has 0 radical (unpaired) electrons. The molecule has 1 aliphatic carbocycles. The summed E-state index contributed by atoms with van der Waals surface area (Å²) in [5.41, 5.74) is 4.08. The van der Waals surface area contributed by atoms with Crippen LogP contribution in [0.4, 0.5) is 13.6 Å². The summed E-state index contributed by atoms with van der Waals surface area (Å²) < 4.78 is 33.0. The summed E-state index contributed by atoms with van der Waals surface area (Å²) >= 11 is 0. The largest absolute Gasteiger partial charge is 0.477 e. The van der Waals surface area contributed by atoms with Gasteiger partial charge in [-0.3, -0.25) is 0 Å². The number of benzene rings is 2. The zero-order valence-electron chi connectivity index (χ0n) is 15.5. The van der Waals surface area contributed by atoms with E-state index in [-0.39, 0.29) is 12.5 Å². The van der Waals surface area contributed by atoms with E-state index < -0.39 is 29.9 Å². The summed E-state index contributed by atoms with van der Waals surface area (Å²) in [6, 6.07) is 13.6. The summed E-state index contributed by atoms with van der Waals surface area (Å²) in [6.45, 7) is 2.78. The van der Waals surface area contributed by atoms with Crippen molar-refractivity contribution in [1.29, 1.82) is 0 Å². The summed E-state index contributed by atoms with van der Waals surface area (Å²) in [6.07, 6.45) is -1.07. The molecular formula is C21H21F2NO4. The molecule has 0 spiro atoms. The number of fused-ring (bicyclic) bond motifs is 3. The van der Waals surface area contributed by atoms with E-state index in [2.05, 4.69) is 0 Å². The fourth-order valence-corrected chi connectivity index (χ4v) is 3.58. The molecule has 0 aromatic heterocycles. The second-order valence-corrected chi connectivity index (χ2v) is 7.12. The Bertz CT molecular complexity index is 852. The number of nitrogens with one attached hydrogen (secondary N) is 1. The van der Waals surface area contributed by atoms with Crippen molar-refractivity contribution in [3.05, 3.63) is 59.7 Å². The van der Waals surface area contributed by atoms with Gasteiger partial charge in [0.25, 0.3) is 0 Å². The summed E-state index contributed by atoms with van der Waals surface area (Å²) in [4.78, 5) is 23.0. The molecule has 0 aliphatic heterocycles. The van der Waals surface area contributed by atoms with E-state index in [1.165, 1.54) is 13.8 Å². The van der Waals surface area contributed by atoms with Crippen LogP contribution in [0.2, 0.25) is 0 Å². The molecule has 2 aromatic carbocycles. The van der Waals surface area contributed by atoms with E-state index in [0.29, 0.717) is 0 Å². The van der Waals surface area contributed by atoms with Gasteiger partial charge in [0.2, 0.25) is 0 Å². The minimum absolute atomic E-state index is 0.0384. The van der Waals surface area contributed by atoms with Gasteiger partial charge in [-0.25, -0.2) is 9.59 Å². The highest BCUT2D eigenvalue weighted by atomic mass is 19.3. The minimum Gasteiger partial charge on any atom is -0.477 e. The highest BCUT2D eigenvalue weighted by Crippen LogP contribution is 2.44. The number of aliphatic carboxylic acids is 1. The van der Waals surface area contributed by atoms with Gasteiger partial charge >= 0.3 is 18.0 Å². The van der Waals surface area contributed by atoms with Gasteiger partial charge in [0, 0.05) is 5.92 Å². The van der Waals surface area contributed by atoms with Crippen LogP contribution in [-0.2, 0) is 9.53 Å². The molecule has 0 heterocycles. The third kappa shape index (κ3) is 3.56. The van der Waals surface area contributed by atoms with Crippen molar-refractivity contribution in [1.82, 2.24) is 5.32 Å². The third-order valence-corrected chi connectivity index (χ3v) is 4.96. The normalized spacial score (nSPS) is 14.3. The molecule has 0 fully saturated rings. The molecule has 1 amide bonds. The van der Waals surface area contributed by atoms with Crippen LogP contribution < -0.4 is 5.32 Å². The second kappa shape index (κ2) is 7.58. The first-order chi connectivity index (χ1) is 13.2. The van der Waals surface area contributed by atoms with Crippen LogP contribution >= 0.6 is 0 Å². The standard InChI is InChI=1S/C21H21F2NO4/c1-12(2)18(21(22,23)19(25)26)24-20(27)28-11-17-15-9-5-3-7-13(15)14-8-4-6-10-16(14)17/h3-10,12,17-18H,11H2,1-2H3,(H,24,27)(H,25,26). The van der Waals surface area contributed by atoms with E-state index in [9.17, 15) is 18.4 Å². The molecule has 28 heavy (non-hydrogen) atoms. The number of carbonyl (C=O) groups excluding carboxylic acids is 1. The Morgan fingerprint density at radius 3 is 2.04 bits per heavy atom. The highest BCUT2D eigenvalue weighted by molar-refractivity contribution is 5.80. The minimum atomic E-state index is -4.10. The van der Waals surface area contributed by atoms with Crippen LogP contribution in [0.25, 0.3) is 11.1 Å². The molecule has 7 heteroatoms. The van der Waals surface area contributed by atoms with Gasteiger partial charge in [0.05, 0.1) is 0 Å². The van der Waals surface area contributed by atoms with E-state index in [4.69, 9.17) is 9.84 Å². The first kappa shape index (κ1) is 19.8. The van der Waals surface area contributed by atoms with Crippen molar-refractivity contribution in [2.75, 3.05) is 6.61 Å². The number of alkyl carbamates (subject to hydrolysis) is 1. The van der Waals surface area contributed by atoms with Gasteiger partial charge < -0.3 is 15.2 Å². The Labute approximate surface area is 161 Å². The third-order valence-electron chi connectivity index (χ3n) is 4.96. The molecule has 5 nitrogen and oxygen atoms in total. The van der Waals surface area contributed by atoms with Crippen LogP contribution in [0.3, 0.4) is 0 Å². The number of carboxylic acids is 1. The monoisotopic (exact) mass is 389 g/mol. The molecule has 0 saturated heterocycles. The molecule has 1 unspecified atom stereocenters. The van der Waals surface area contributed by atoms with Gasteiger partial charge in [-0.2, -0.15) is 8.78 Å². The molecule has 0 bridgehead atoms. The van der Waals surface area contributed by atoms with Crippen LogP contribution in [0.5, 0.6) is 0 Å². The lowest BCUT2D eigenvalue weighted by Crippen LogP contribution is -2.54. The molecule has 2 N–H and O–H groups in total. The van der Waals surface area contributed by atoms with Gasteiger partial charge in [0.15, 0.2) is 0 Å². The maximum absolute atomic E-state index is 13.9. The Morgan fingerprint density at radius 2 is 1.57 bits per heavy atom. The van der Waals surface area contributed by atoms with Crippen molar-refractivity contribution in [3.8, 4) is 11.1 Å². The van der Waals surface area contributed by atoms with E-state index in [0.717, 1.165) is 22.3 Å². The summed E-state index contributed by atoms with van der Waals surface area (Å²) in [7, 11) is 0. The predicted molar refractivity (Wildman–Crippen MR) is 99.4 cm³/mol. The van der Waals surface area contributed by atoms with Crippen LogP contribution in [0.1, 0.15) is 30.9 Å². The van der Waals surface area contributed by atoms with E-state index in [1.54, 1.807) is 0 Å². The van der Waals surface area contributed by atoms with Gasteiger partial charge in [-0.1, -0.05) is 62.4 Å². The number of alkyl halides is 2. The Morgan fingerprint density at radius 1 is 1.07 bits per heavy atom. The lowest BCUT2D eigenvalue weighted by molar-refractivity contribution is -0.170. The first-order valence-electron chi connectivity index (χ1n) is 8.96. The molecule has 1 aliphatic rings. The van der Waals surface area contributed by atoms with Crippen molar-refractivity contribution < 1.29 is 28.2 Å². The lowest BCUT2D eigenvalue weighted by Gasteiger charge is -2.27. The number of rotatable bonds is 6. The number of ether oxygens (including phenoxy) is 1. The number of carboxylic acid groups (broad SMARTS) is 1. The fraction of sp³-hybridized carbons (Fsp3) is 0.333. The van der Waals surface area contributed by atoms with Crippen molar-refractivity contribution in [2.24, 2.45) is 5.92 Å². The molecule has 1 atom stereocenters. The fourth-order valence-electron chi connectivity index (χ4n) is 3.58. The molecular weight excluding hydrogens is 368 g/mol. The average molecular weight is 389 g/mol. The van der Waals surface area contributed by atoms with Crippen LogP contribution in [0, 0.1) is 5.92 Å². The number of amides is 1. The quantitative estimate of drug-likeness (QED) is 0.774. The maximum atomic E-state index is 13.9. The predicted octanol–water partition coefficient (Wildman–Crippen LogP) is 4.27. The van der Waals surface area contributed by atoms with E-state index >= 15 is 0 Å². The second-order valence-electron chi connectivity index (χ2n) is 7.12. The van der Waals surface area contributed by atoms with E-state index in [1.807, 2.05) is 53.8 Å². The zero-order valence-corrected chi connectivity index (χ0v) is 15.5. The average Bonchev–Trinajstić information content (AvgIpc) is 2.98. The van der Waals surface area contributed by atoms with Crippen molar-refractivity contribution in [2.45, 2.75) is 31.7 Å². The number of carbonyl (C=O) groups is 2.